The zero-order valence-corrected chi connectivity index (χ0v) is 8.26. The van der Waals surface area contributed by atoms with Crippen LogP contribution in [0.3, 0.4) is 0 Å². The molecule has 1 N–H and O–H groups in total. The van der Waals surface area contributed by atoms with E-state index in [1.165, 1.54) is 6.07 Å². The fourth-order valence-corrected chi connectivity index (χ4v) is 1.97. The summed E-state index contributed by atoms with van der Waals surface area (Å²) in [6.45, 7) is 2.88. The van der Waals surface area contributed by atoms with Gasteiger partial charge in [0.2, 0.25) is 0 Å². The van der Waals surface area contributed by atoms with Crippen LogP contribution in [0.2, 0.25) is 0 Å². The van der Waals surface area contributed by atoms with Gasteiger partial charge in [-0.15, -0.1) is 0 Å². The number of nitrogens with one attached hydrogen (secondary N) is 1. The standard InChI is InChI=1S/C12H14FN/c1-2-4-11-12-9(7-8-14-11)5-3-6-10(12)13/h2-6,11,14H,7-8H2,1H3/b4-2+. The van der Waals surface area contributed by atoms with Gasteiger partial charge in [-0.3, -0.25) is 0 Å². The lowest BCUT2D eigenvalue weighted by Crippen LogP contribution is -2.29. The topological polar surface area (TPSA) is 12.0 Å². The van der Waals surface area contributed by atoms with E-state index in [1.807, 2.05) is 25.1 Å². The Kier molecular flexibility index (Phi) is 2.64. The van der Waals surface area contributed by atoms with E-state index < -0.39 is 0 Å². The van der Waals surface area contributed by atoms with Gasteiger partial charge in [0.1, 0.15) is 5.82 Å². The molecule has 1 nitrogen and oxygen atoms in total. The molecule has 0 aliphatic carbocycles. The zero-order valence-electron chi connectivity index (χ0n) is 8.26. The molecule has 0 spiro atoms. The van der Waals surface area contributed by atoms with Gasteiger partial charge in [0, 0.05) is 12.1 Å². The van der Waals surface area contributed by atoms with Crippen molar-refractivity contribution in [2.24, 2.45) is 0 Å². The maximum absolute atomic E-state index is 13.6. The molecule has 2 rings (SSSR count). The van der Waals surface area contributed by atoms with Crippen molar-refractivity contribution >= 4 is 0 Å². The lowest BCUT2D eigenvalue weighted by atomic mass is 9.93. The molecule has 0 fully saturated rings. The molecular weight excluding hydrogens is 177 g/mol. The first-order chi connectivity index (χ1) is 6.83. The van der Waals surface area contributed by atoms with Gasteiger partial charge in [-0.25, -0.2) is 4.39 Å². The second kappa shape index (κ2) is 3.93. The van der Waals surface area contributed by atoms with Gasteiger partial charge < -0.3 is 5.32 Å². The Labute approximate surface area is 83.6 Å². The third-order valence-electron chi connectivity index (χ3n) is 2.60. The molecule has 0 saturated heterocycles. The maximum Gasteiger partial charge on any atom is 0.128 e. The fraction of sp³-hybridized carbons (Fsp3) is 0.333. The first-order valence-corrected chi connectivity index (χ1v) is 4.96. The lowest BCUT2D eigenvalue weighted by molar-refractivity contribution is 0.527. The van der Waals surface area contributed by atoms with Crippen LogP contribution in [0.15, 0.2) is 30.4 Å². The quantitative estimate of drug-likeness (QED) is 0.673. The molecule has 1 aromatic carbocycles. The highest BCUT2D eigenvalue weighted by atomic mass is 19.1. The molecule has 1 aliphatic rings. The number of benzene rings is 1. The van der Waals surface area contributed by atoms with E-state index in [-0.39, 0.29) is 11.9 Å². The Balaban J connectivity index is 2.46. The van der Waals surface area contributed by atoms with Gasteiger partial charge in [0.25, 0.3) is 0 Å². The van der Waals surface area contributed by atoms with Crippen molar-refractivity contribution in [3.63, 3.8) is 0 Å². The van der Waals surface area contributed by atoms with Gasteiger partial charge in [0.15, 0.2) is 0 Å². The average molecular weight is 191 g/mol. The summed E-state index contributed by atoms with van der Waals surface area (Å²) < 4.78 is 13.6. The number of rotatable bonds is 1. The molecule has 0 saturated carbocycles. The van der Waals surface area contributed by atoms with Crippen molar-refractivity contribution in [2.45, 2.75) is 19.4 Å². The average Bonchev–Trinajstić information content (AvgIpc) is 2.19. The highest BCUT2D eigenvalue weighted by Gasteiger charge is 2.20. The summed E-state index contributed by atoms with van der Waals surface area (Å²) in [6.07, 6.45) is 4.88. The largest absolute Gasteiger partial charge is 0.306 e. The monoisotopic (exact) mass is 191 g/mol. The number of hydrogen-bond acceptors (Lipinski definition) is 1. The summed E-state index contributed by atoms with van der Waals surface area (Å²) in [6, 6.07) is 5.37. The minimum absolute atomic E-state index is 0.0462. The van der Waals surface area contributed by atoms with E-state index in [9.17, 15) is 4.39 Å². The van der Waals surface area contributed by atoms with Crippen LogP contribution in [0.4, 0.5) is 4.39 Å². The first kappa shape index (κ1) is 9.41. The van der Waals surface area contributed by atoms with E-state index in [1.54, 1.807) is 6.07 Å². The predicted molar refractivity (Wildman–Crippen MR) is 55.7 cm³/mol. The summed E-state index contributed by atoms with van der Waals surface area (Å²) in [4.78, 5) is 0. The van der Waals surface area contributed by atoms with Crippen LogP contribution in [0, 0.1) is 5.82 Å². The molecule has 1 atom stereocenters. The second-order valence-electron chi connectivity index (χ2n) is 3.52. The summed E-state index contributed by atoms with van der Waals surface area (Å²) in [5.41, 5.74) is 1.95. The van der Waals surface area contributed by atoms with E-state index in [2.05, 4.69) is 5.32 Å². The molecule has 0 bridgehead atoms. The third kappa shape index (κ3) is 1.58. The zero-order chi connectivity index (χ0) is 9.97. The predicted octanol–water partition coefficient (Wildman–Crippen LogP) is 2.59. The highest BCUT2D eigenvalue weighted by molar-refractivity contribution is 5.36. The Bertz CT molecular complexity index is 357. The molecule has 1 aromatic rings. The van der Waals surface area contributed by atoms with Crippen molar-refractivity contribution < 1.29 is 4.39 Å². The van der Waals surface area contributed by atoms with Crippen LogP contribution in [-0.4, -0.2) is 6.54 Å². The van der Waals surface area contributed by atoms with Crippen molar-refractivity contribution in [3.05, 3.63) is 47.3 Å². The van der Waals surface area contributed by atoms with Crippen molar-refractivity contribution in [1.82, 2.24) is 5.32 Å². The smallest absolute Gasteiger partial charge is 0.128 e. The van der Waals surface area contributed by atoms with E-state index >= 15 is 0 Å². The van der Waals surface area contributed by atoms with Crippen LogP contribution >= 0.6 is 0 Å². The van der Waals surface area contributed by atoms with E-state index in [0.29, 0.717) is 0 Å². The molecule has 0 aromatic heterocycles. The van der Waals surface area contributed by atoms with Gasteiger partial charge in [-0.1, -0.05) is 24.3 Å². The Morgan fingerprint density at radius 2 is 2.36 bits per heavy atom. The summed E-state index contributed by atoms with van der Waals surface area (Å²) in [5, 5.41) is 3.29. The number of allylic oxidation sites excluding steroid dienone is 1. The molecule has 14 heavy (non-hydrogen) atoms. The fourth-order valence-electron chi connectivity index (χ4n) is 1.97. The molecule has 1 heterocycles. The maximum atomic E-state index is 13.6. The normalized spacial score (nSPS) is 21.1. The molecule has 2 heteroatoms. The van der Waals surface area contributed by atoms with Gasteiger partial charge in [-0.2, -0.15) is 0 Å². The Hall–Kier alpha value is -1.15. The minimum Gasteiger partial charge on any atom is -0.306 e. The van der Waals surface area contributed by atoms with Gasteiger partial charge in [0.05, 0.1) is 6.04 Å². The SMILES string of the molecule is C/C=C/C1NCCc2cccc(F)c21. The summed E-state index contributed by atoms with van der Waals surface area (Å²) in [7, 11) is 0. The summed E-state index contributed by atoms with van der Waals surface area (Å²) in [5.74, 6) is -0.0993. The van der Waals surface area contributed by atoms with Crippen molar-refractivity contribution in [2.75, 3.05) is 6.54 Å². The van der Waals surface area contributed by atoms with E-state index in [0.717, 1.165) is 24.1 Å². The van der Waals surface area contributed by atoms with Crippen LogP contribution in [0.5, 0.6) is 0 Å². The molecule has 74 valence electrons. The van der Waals surface area contributed by atoms with Crippen molar-refractivity contribution in [1.29, 1.82) is 0 Å². The van der Waals surface area contributed by atoms with E-state index in [4.69, 9.17) is 0 Å². The number of fused-ring (bicyclic) bond motifs is 1. The van der Waals surface area contributed by atoms with Crippen molar-refractivity contribution in [3.8, 4) is 0 Å². The molecule has 1 unspecified atom stereocenters. The third-order valence-corrected chi connectivity index (χ3v) is 2.60. The Morgan fingerprint density at radius 1 is 1.50 bits per heavy atom. The molecule has 0 amide bonds. The highest BCUT2D eigenvalue weighted by Crippen LogP contribution is 2.26. The number of halogens is 1. The van der Waals surface area contributed by atoms with Gasteiger partial charge >= 0.3 is 0 Å². The second-order valence-corrected chi connectivity index (χ2v) is 3.52. The Morgan fingerprint density at radius 3 is 3.14 bits per heavy atom. The molecule has 0 radical (unpaired) electrons. The lowest BCUT2D eigenvalue weighted by Gasteiger charge is -2.24. The van der Waals surface area contributed by atoms with Crippen LogP contribution in [-0.2, 0) is 6.42 Å². The van der Waals surface area contributed by atoms with Gasteiger partial charge in [-0.05, 0) is 25.0 Å². The number of hydrogen-bond donors (Lipinski definition) is 1. The van der Waals surface area contributed by atoms with Crippen LogP contribution < -0.4 is 5.32 Å². The molecule has 1 aliphatic heterocycles. The molecular formula is C12H14FN. The minimum atomic E-state index is -0.0993. The first-order valence-electron chi connectivity index (χ1n) is 4.96. The van der Waals surface area contributed by atoms with Crippen LogP contribution in [0.25, 0.3) is 0 Å². The van der Waals surface area contributed by atoms with Crippen LogP contribution in [0.1, 0.15) is 24.1 Å². The summed E-state index contributed by atoms with van der Waals surface area (Å²) >= 11 is 0.